The molecule has 18 heavy (non-hydrogen) atoms. The number of ketones is 1. The Morgan fingerprint density at radius 2 is 2.00 bits per heavy atom. The van der Waals surface area contributed by atoms with Crippen molar-refractivity contribution < 1.29 is 4.79 Å². The lowest BCUT2D eigenvalue weighted by Gasteiger charge is -2.27. The molecule has 92 valence electrons. The van der Waals surface area contributed by atoms with Crippen LogP contribution in [0.25, 0.3) is 0 Å². The van der Waals surface area contributed by atoms with Gasteiger partial charge in [-0.1, -0.05) is 30.3 Å². The van der Waals surface area contributed by atoms with Crippen molar-refractivity contribution in [3.63, 3.8) is 0 Å². The van der Waals surface area contributed by atoms with Gasteiger partial charge in [0.1, 0.15) is 5.54 Å². The minimum Gasteiger partial charge on any atom is -0.293 e. The normalized spacial score (nSPS) is 30.3. The molecule has 3 rings (SSSR count). The second-order valence-corrected chi connectivity index (χ2v) is 5.29. The Morgan fingerprint density at radius 3 is 2.61 bits per heavy atom. The van der Waals surface area contributed by atoms with Crippen molar-refractivity contribution in [1.82, 2.24) is 4.90 Å². The Balaban J connectivity index is 1.78. The Kier molecular flexibility index (Phi) is 2.68. The maximum atomic E-state index is 12.2. The summed E-state index contributed by atoms with van der Waals surface area (Å²) >= 11 is 0. The van der Waals surface area contributed by atoms with Gasteiger partial charge in [0.2, 0.25) is 0 Å². The zero-order valence-corrected chi connectivity index (χ0v) is 10.3. The molecule has 2 fully saturated rings. The Bertz CT molecular complexity index is 495. The quantitative estimate of drug-likeness (QED) is 0.762. The number of fused-ring (bicyclic) bond motifs is 2. The van der Waals surface area contributed by atoms with Crippen molar-refractivity contribution in [2.24, 2.45) is 0 Å². The third-order valence-corrected chi connectivity index (χ3v) is 4.39. The summed E-state index contributed by atoms with van der Waals surface area (Å²) in [4.78, 5) is 14.4. The Hall–Kier alpha value is -1.66. The number of nitrogens with zero attached hydrogens (tertiary/aromatic N) is 2. The molecule has 0 aromatic heterocycles. The number of hydrogen-bond donors (Lipinski definition) is 0. The van der Waals surface area contributed by atoms with Crippen molar-refractivity contribution in [2.75, 3.05) is 6.54 Å². The van der Waals surface area contributed by atoms with Crippen LogP contribution in [0.1, 0.15) is 36.0 Å². The third kappa shape index (κ3) is 1.65. The minimum absolute atomic E-state index is 0.129. The SMILES string of the molecule is N#CC12CCC(CC1)N2CC(=O)c1ccccc1. The fraction of sp³-hybridized carbons (Fsp3) is 0.467. The maximum Gasteiger partial charge on any atom is 0.176 e. The van der Waals surface area contributed by atoms with E-state index in [0.717, 1.165) is 31.2 Å². The van der Waals surface area contributed by atoms with Gasteiger partial charge in [0.15, 0.2) is 5.78 Å². The molecule has 2 saturated heterocycles. The molecule has 0 N–H and O–H groups in total. The topological polar surface area (TPSA) is 44.1 Å². The number of nitriles is 1. The standard InChI is InChI=1S/C15H16N2O/c16-11-15-8-6-13(7-9-15)17(15)10-14(18)12-4-2-1-3-5-12/h1-5,13H,6-10H2. The molecule has 0 amide bonds. The minimum atomic E-state index is -0.352. The van der Waals surface area contributed by atoms with Crippen LogP contribution in [-0.2, 0) is 0 Å². The molecule has 2 aliphatic rings. The summed E-state index contributed by atoms with van der Waals surface area (Å²) in [5.74, 6) is 0.129. The van der Waals surface area contributed by atoms with Crippen LogP contribution in [0.2, 0.25) is 0 Å². The summed E-state index contributed by atoms with van der Waals surface area (Å²) in [6, 6.07) is 12.3. The highest BCUT2D eigenvalue weighted by molar-refractivity contribution is 5.97. The van der Waals surface area contributed by atoms with Gasteiger partial charge in [0.25, 0.3) is 0 Å². The summed E-state index contributed by atoms with van der Waals surface area (Å²) in [6.07, 6.45) is 3.98. The van der Waals surface area contributed by atoms with E-state index in [-0.39, 0.29) is 11.3 Å². The summed E-state index contributed by atoms with van der Waals surface area (Å²) in [5.41, 5.74) is 0.395. The largest absolute Gasteiger partial charge is 0.293 e. The maximum absolute atomic E-state index is 12.2. The van der Waals surface area contributed by atoms with E-state index in [9.17, 15) is 10.1 Å². The van der Waals surface area contributed by atoms with Crippen molar-refractivity contribution in [1.29, 1.82) is 5.26 Å². The average Bonchev–Trinajstić information content (AvgIpc) is 2.95. The first-order valence-electron chi connectivity index (χ1n) is 6.51. The predicted octanol–water partition coefficient (Wildman–Crippen LogP) is 2.39. The summed E-state index contributed by atoms with van der Waals surface area (Å²) in [7, 11) is 0. The first-order chi connectivity index (χ1) is 8.75. The van der Waals surface area contributed by atoms with Gasteiger partial charge in [-0.15, -0.1) is 0 Å². The number of Topliss-reactive ketones (excluding diaryl/α,β-unsaturated/α-hetero) is 1. The molecular formula is C15H16N2O. The van der Waals surface area contributed by atoms with Gasteiger partial charge < -0.3 is 0 Å². The lowest BCUT2D eigenvalue weighted by atomic mass is 9.89. The van der Waals surface area contributed by atoms with E-state index < -0.39 is 0 Å². The highest BCUT2D eigenvalue weighted by Crippen LogP contribution is 2.45. The van der Waals surface area contributed by atoms with Gasteiger partial charge in [0.05, 0.1) is 12.6 Å². The summed E-state index contributed by atoms with van der Waals surface area (Å²) in [6.45, 7) is 0.391. The van der Waals surface area contributed by atoms with Crippen LogP contribution < -0.4 is 0 Å². The highest BCUT2D eigenvalue weighted by Gasteiger charge is 2.52. The van der Waals surface area contributed by atoms with Gasteiger partial charge in [-0.2, -0.15) is 5.26 Å². The van der Waals surface area contributed by atoms with E-state index in [0.29, 0.717) is 12.6 Å². The molecular weight excluding hydrogens is 224 g/mol. The van der Waals surface area contributed by atoms with Crippen molar-refractivity contribution in [2.45, 2.75) is 37.3 Å². The van der Waals surface area contributed by atoms with E-state index in [1.54, 1.807) is 0 Å². The zero-order chi connectivity index (χ0) is 12.6. The van der Waals surface area contributed by atoms with Crippen LogP contribution in [-0.4, -0.2) is 28.8 Å². The van der Waals surface area contributed by atoms with E-state index in [2.05, 4.69) is 11.0 Å². The fourth-order valence-electron chi connectivity index (χ4n) is 3.35. The summed E-state index contributed by atoms with van der Waals surface area (Å²) < 4.78 is 0. The molecule has 2 aliphatic heterocycles. The van der Waals surface area contributed by atoms with Gasteiger partial charge in [-0.25, -0.2) is 0 Å². The molecule has 3 heteroatoms. The van der Waals surface area contributed by atoms with Gasteiger partial charge in [-0.05, 0) is 25.7 Å². The lowest BCUT2D eigenvalue weighted by Crippen LogP contribution is -2.42. The van der Waals surface area contributed by atoms with Crippen LogP contribution in [0.3, 0.4) is 0 Å². The van der Waals surface area contributed by atoms with E-state index in [4.69, 9.17) is 0 Å². The molecule has 0 saturated carbocycles. The number of hydrogen-bond acceptors (Lipinski definition) is 3. The number of rotatable bonds is 3. The van der Waals surface area contributed by atoms with Crippen molar-refractivity contribution in [3.05, 3.63) is 35.9 Å². The second kappa shape index (κ2) is 4.22. The molecule has 2 heterocycles. The highest BCUT2D eigenvalue weighted by atomic mass is 16.1. The van der Waals surface area contributed by atoms with Crippen LogP contribution in [0.5, 0.6) is 0 Å². The van der Waals surface area contributed by atoms with Crippen molar-refractivity contribution in [3.8, 4) is 6.07 Å². The number of benzene rings is 1. The third-order valence-electron chi connectivity index (χ3n) is 4.39. The van der Waals surface area contributed by atoms with Crippen LogP contribution in [0.15, 0.2) is 30.3 Å². The van der Waals surface area contributed by atoms with Gasteiger partial charge in [-0.3, -0.25) is 9.69 Å². The lowest BCUT2D eigenvalue weighted by molar-refractivity contribution is 0.0891. The Morgan fingerprint density at radius 1 is 1.33 bits per heavy atom. The van der Waals surface area contributed by atoms with Crippen LogP contribution >= 0.6 is 0 Å². The number of carbonyl (C=O) groups is 1. The van der Waals surface area contributed by atoms with E-state index in [1.165, 1.54) is 0 Å². The van der Waals surface area contributed by atoms with Crippen LogP contribution in [0, 0.1) is 11.3 Å². The summed E-state index contributed by atoms with van der Waals surface area (Å²) in [5, 5.41) is 9.39. The molecule has 1 aromatic carbocycles. The fourth-order valence-corrected chi connectivity index (χ4v) is 3.35. The molecule has 0 unspecified atom stereocenters. The molecule has 1 aromatic rings. The van der Waals surface area contributed by atoms with Gasteiger partial charge >= 0.3 is 0 Å². The molecule has 0 aliphatic carbocycles. The molecule has 0 atom stereocenters. The Labute approximate surface area is 107 Å². The molecule has 0 spiro atoms. The van der Waals surface area contributed by atoms with Gasteiger partial charge in [0, 0.05) is 11.6 Å². The smallest absolute Gasteiger partial charge is 0.176 e. The predicted molar refractivity (Wildman–Crippen MR) is 68.1 cm³/mol. The van der Waals surface area contributed by atoms with E-state index in [1.807, 2.05) is 30.3 Å². The second-order valence-electron chi connectivity index (χ2n) is 5.29. The van der Waals surface area contributed by atoms with E-state index >= 15 is 0 Å². The molecule has 2 bridgehead atoms. The first kappa shape index (κ1) is 11.4. The van der Waals surface area contributed by atoms with Crippen LogP contribution in [0.4, 0.5) is 0 Å². The number of carbonyl (C=O) groups excluding carboxylic acids is 1. The first-order valence-corrected chi connectivity index (χ1v) is 6.51. The van der Waals surface area contributed by atoms with Crippen molar-refractivity contribution >= 4 is 5.78 Å². The molecule has 3 nitrogen and oxygen atoms in total. The monoisotopic (exact) mass is 240 g/mol. The average molecular weight is 240 g/mol. The zero-order valence-electron chi connectivity index (χ0n) is 10.3. The molecule has 0 radical (unpaired) electrons.